The van der Waals surface area contributed by atoms with E-state index in [1.165, 1.54) is 11.1 Å². The Kier molecular flexibility index (Phi) is 4.37. The highest BCUT2D eigenvalue weighted by atomic mass is 16.5. The van der Waals surface area contributed by atoms with Crippen LogP contribution >= 0.6 is 0 Å². The van der Waals surface area contributed by atoms with E-state index in [1.807, 2.05) is 18.2 Å². The van der Waals surface area contributed by atoms with E-state index >= 15 is 0 Å². The number of nitrogens with one attached hydrogen (secondary N) is 1. The van der Waals surface area contributed by atoms with Gasteiger partial charge in [-0.15, -0.1) is 0 Å². The van der Waals surface area contributed by atoms with Crippen molar-refractivity contribution < 1.29 is 14.1 Å². The fourth-order valence-corrected chi connectivity index (χ4v) is 1.92. The van der Waals surface area contributed by atoms with Gasteiger partial charge >= 0.3 is 0 Å². The third-order valence-electron chi connectivity index (χ3n) is 3.09. The van der Waals surface area contributed by atoms with E-state index in [9.17, 15) is 9.59 Å². The van der Waals surface area contributed by atoms with Gasteiger partial charge in [0.25, 0.3) is 5.91 Å². The van der Waals surface area contributed by atoms with Crippen molar-refractivity contribution in [2.24, 2.45) is 0 Å². The standard InChI is InChI=1S/C15H17N3O3/c1-10-12(9-16-21-10)14(19)17-13(15(20)18(2)3)11-7-5-4-6-8-11/h4-9,13H,1-3H3,(H,17,19)/t13-/m1/s1. The lowest BCUT2D eigenvalue weighted by Crippen LogP contribution is -2.39. The van der Waals surface area contributed by atoms with Crippen molar-refractivity contribution in [3.63, 3.8) is 0 Å². The van der Waals surface area contributed by atoms with Crippen molar-refractivity contribution in [3.8, 4) is 0 Å². The highest BCUT2D eigenvalue weighted by Crippen LogP contribution is 2.16. The van der Waals surface area contributed by atoms with Gasteiger partial charge in [-0.3, -0.25) is 9.59 Å². The highest BCUT2D eigenvalue weighted by molar-refractivity contribution is 5.98. The summed E-state index contributed by atoms with van der Waals surface area (Å²) < 4.78 is 4.87. The molecule has 21 heavy (non-hydrogen) atoms. The second-order valence-corrected chi connectivity index (χ2v) is 4.85. The van der Waals surface area contributed by atoms with Crippen LogP contribution in [0, 0.1) is 6.92 Å². The van der Waals surface area contributed by atoms with Crippen molar-refractivity contribution in [1.82, 2.24) is 15.4 Å². The average Bonchev–Trinajstić information content (AvgIpc) is 2.91. The molecule has 0 saturated carbocycles. The Morgan fingerprint density at radius 2 is 1.90 bits per heavy atom. The molecule has 2 amide bonds. The minimum Gasteiger partial charge on any atom is -0.361 e. The Hall–Kier alpha value is -2.63. The Morgan fingerprint density at radius 3 is 2.43 bits per heavy atom. The Labute approximate surface area is 122 Å². The normalized spacial score (nSPS) is 11.8. The Balaban J connectivity index is 2.27. The first-order valence-electron chi connectivity index (χ1n) is 6.49. The smallest absolute Gasteiger partial charge is 0.257 e. The maximum atomic E-state index is 12.3. The van der Waals surface area contributed by atoms with Crippen LogP contribution in [-0.2, 0) is 4.79 Å². The maximum Gasteiger partial charge on any atom is 0.257 e. The highest BCUT2D eigenvalue weighted by Gasteiger charge is 2.25. The lowest BCUT2D eigenvalue weighted by molar-refractivity contribution is -0.130. The summed E-state index contributed by atoms with van der Waals surface area (Å²) in [5.41, 5.74) is 1.04. The van der Waals surface area contributed by atoms with Gasteiger partial charge in [0, 0.05) is 14.1 Å². The van der Waals surface area contributed by atoms with Gasteiger partial charge in [0.05, 0.1) is 6.20 Å². The lowest BCUT2D eigenvalue weighted by Gasteiger charge is -2.21. The molecule has 1 heterocycles. The second kappa shape index (κ2) is 6.21. The summed E-state index contributed by atoms with van der Waals surface area (Å²) in [4.78, 5) is 26.0. The van der Waals surface area contributed by atoms with Crippen molar-refractivity contribution in [2.45, 2.75) is 13.0 Å². The third kappa shape index (κ3) is 3.28. The SMILES string of the molecule is Cc1oncc1C(=O)N[C@@H](C(=O)N(C)C)c1ccccc1. The van der Waals surface area contributed by atoms with E-state index in [0.29, 0.717) is 11.3 Å². The van der Waals surface area contributed by atoms with Gasteiger partial charge in [0.2, 0.25) is 5.91 Å². The van der Waals surface area contributed by atoms with Crippen LogP contribution in [-0.4, -0.2) is 36.0 Å². The van der Waals surface area contributed by atoms with Crippen molar-refractivity contribution >= 4 is 11.8 Å². The zero-order valence-corrected chi connectivity index (χ0v) is 12.2. The molecule has 0 aliphatic rings. The molecule has 0 bridgehead atoms. The summed E-state index contributed by atoms with van der Waals surface area (Å²) in [5.74, 6) is -0.182. The molecule has 2 aromatic rings. The molecule has 110 valence electrons. The summed E-state index contributed by atoms with van der Waals surface area (Å²) >= 11 is 0. The van der Waals surface area contributed by atoms with Gasteiger partial charge in [-0.2, -0.15) is 0 Å². The van der Waals surface area contributed by atoms with Gasteiger partial charge in [-0.05, 0) is 12.5 Å². The molecule has 1 aromatic heterocycles. The molecular weight excluding hydrogens is 270 g/mol. The monoisotopic (exact) mass is 287 g/mol. The van der Waals surface area contributed by atoms with Crippen LogP contribution in [0.5, 0.6) is 0 Å². The van der Waals surface area contributed by atoms with Gasteiger partial charge < -0.3 is 14.7 Å². The Morgan fingerprint density at radius 1 is 1.24 bits per heavy atom. The minimum atomic E-state index is -0.747. The molecule has 0 aliphatic heterocycles. The number of carbonyl (C=O) groups excluding carboxylic acids is 2. The number of carbonyl (C=O) groups is 2. The minimum absolute atomic E-state index is 0.205. The Bertz CT molecular complexity index is 635. The van der Waals surface area contributed by atoms with E-state index in [0.717, 1.165) is 5.56 Å². The van der Waals surface area contributed by atoms with Crippen LogP contribution in [0.2, 0.25) is 0 Å². The topological polar surface area (TPSA) is 75.4 Å². The van der Waals surface area contributed by atoms with Gasteiger partial charge in [0.15, 0.2) is 0 Å². The second-order valence-electron chi connectivity index (χ2n) is 4.85. The molecule has 1 N–H and O–H groups in total. The average molecular weight is 287 g/mol. The number of hydrogen-bond donors (Lipinski definition) is 1. The summed E-state index contributed by atoms with van der Waals surface area (Å²) in [5, 5.41) is 6.30. The molecule has 0 fully saturated rings. The van der Waals surface area contributed by atoms with Crippen LogP contribution in [0.15, 0.2) is 41.1 Å². The first-order valence-corrected chi connectivity index (χ1v) is 6.49. The molecular formula is C15H17N3O3. The summed E-state index contributed by atoms with van der Waals surface area (Å²) in [7, 11) is 3.30. The number of hydrogen-bond acceptors (Lipinski definition) is 4. The fraction of sp³-hybridized carbons (Fsp3) is 0.267. The molecule has 0 unspecified atom stereocenters. The van der Waals surface area contributed by atoms with E-state index < -0.39 is 11.9 Å². The van der Waals surface area contributed by atoms with Gasteiger partial charge in [-0.1, -0.05) is 35.5 Å². The number of aryl methyl sites for hydroxylation is 1. The van der Waals surface area contributed by atoms with Crippen LogP contribution < -0.4 is 5.32 Å². The molecule has 0 saturated heterocycles. The maximum absolute atomic E-state index is 12.3. The predicted molar refractivity (Wildman–Crippen MR) is 76.6 cm³/mol. The number of aromatic nitrogens is 1. The fourth-order valence-electron chi connectivity index (χ4n) is 1.92. The van der Waals surface area contributed by atoms with Crippen molar-refractivity contribution in [3.05, 3.63) is 53.4 Å². The molecule has 1 aromatic carbocycles. The van der Waals surface area contributed by atoms with Crippen LogP contribution in [0.25, 0.3) is 0 Å². The van der Waals surface area contributed by atoms with Crippen molar-refractivity contribution in [1.29, 1.82) is 0 Å². The van der Waals surface area contributed by atoms with Crippen LogP contribution in [0.4, 0.5) is 0 Å². The number of amides is 2. The molecule has 0 spiro atoms. The number of rotatable bonds is 4. The quantitative estimate of drug-likeness (QED) is 0.925. The van der Waals surface area contributed by atoms with E-state index in [4.69, 9.17) is 4.52 Å². The van der Waals surface area contributed by atoms with Crippen LogP contribution in [0.3, 0.4) is 0 Å². The first-order chi connectivity index (χ1) is 10.0. The summed E-state index contributed by atoms with van der Waals surface area (Å²) in [6, 6.07) is 8.35. The number of benzene rings is 1. The van der Waals surface area contributed by atoms with E-state index in [-0.39, 0.29) is 5.91 Å². The zero-order chi connectivity index (χ0) is 15.4. The van der Waals surface area contributed by atoms with Gasteiger partial charge in [0.1, 0.15) is 17.4 Å². The largest absolute Gasteiger partial charge is 0.361 e. The molecule has 2 rings (SSSR count). The molecule has 0 aliphatic carbocycles. The number of nitrogens with zero attached hydrogens (tertiary/aromatic N) is 2. The summed E-state index contributed by atoms with van der Waals surface area (Å²) in [6.07, 6.45) is 1.34. The summed E-state index contributed by atoms with van der Waals surface area (Å²) in [6.45, 7) is 1.65. The van der Waals surface area contributed by atoms with Gasteiger partial charge in [-0.25, -0.2) is 0 Å². The zero-order valence-electron chi connectivity index (χ0n) is 12.2. The molecule has 6 nitrogen and oxygen atoms in total. The number of likely N-dealkylation sites (N-methyl/N-ethyl adjacent to an activating group) is 1. The predicted octanol–water partition coefficient (Wildman–Crippen LogP) is 1.54. The van der Waals surface area contributed by atoms with Crippen LogP contribution in [0.1, 0.15) is 27.7 Å². The molecule has 0 radical (unpaired) electrons. The molecule has 6 heteroatoms. The lowest BCUT2D eigenvalue weighted by atomic mass is 10.1. The molecule has 1 atom stereocenters. The van der Waals surface area contributed by atoms with E-state index in [1.54, 1.807) is 33.2 Å². The third-order valence-corrected chi connectivity index (χ3v) is 3.09. The van der Waals surface area contributed by atoms with Crippen molar-refractivity contribution in [2.75, 3.05) is 14.1 Å². The van der Waals surface area contributed by atoms with E-state index in [2.05, 4.69) is 10.5 Å². The first kappa shape index (κ1) is 14.8.